The number of rotatable bonds is 3. The smallest absolute Gasteiger partial charge is 0.0181 e. The molecule has 1 unspecified atom stereocenters. The molecule has 1 saturated carbocycles. The van der Waals surface area contributed by atoms with E-state index in [0.717, 1.165) is 11.8 Å². The maximum absolute atomic E-state index is 2.36. The minimum atomic E-state index is 0.720. The Bertz CT molecular complexity index is 494. The van der Waals surface area contributed by atoms with Gasteiger partial charge >= 0.3 is 0 Å². The van der Waals surface area contributed by atoms with Crippen molar-refractivity contribution in [1.29, 1.82) is 0 Å². The third-order valence-electron chi connectivity index (χ3n) is 3.73. The van der Waals surface area contributed by atoms with Gasteiger partial charge in [-0.05, 0) is 34.6 Å². The van der Waals surface area contributed by atoms with E-state index in [0.29, 0.717) is 0 Å². The van der Waals surface area contributed by atoms with E-state index in [1.807, 2.05) is 0 Å². The molecule has 0 heterocycles. The molecule has 2 aromatic rings. The Morgan fingerprint density at radius 3 is 2.56 bits per heavy atom. The molecule has 0 spiro atoms. The van der Waals surface area contributed by atoms with Crippen LogP contribution in [0.15, 0.2) is 42.5 Å². The van der Waals surface area contributed by atoms with E-state index in [-0.39, 0.29) is 0 Å². The topological polar surface area (TPSA) is 0 Å². The standard InChI is InChI=1S/C16H18/c1-12(10-13-6-7-13)15-9-8-14-4-2-3-5-16(14)11-15/h2-5,8-9,11-13H,6-7,10H2,1H3. The van der Waals surface area contributed by atoms with Gasteiger partial charge in [0.2, 0.25) is 0 Å². The summed E-state index contributed by atoms with van der Waals surface area (Å²) in [4.78, 5) is 0. The maximum Gasteiger partial charge on any atom is -0.0181 e. The van der Waals surface area contributed by atoms with Crippen molar-refractivity contribution >= 4 is 10.8 Å². The fourth-order valence-electron chi connectivity index (χ4n) is 2.50. The van der Waals surface area contributed by atoms with Gasteiger partial charge in [0, 0.05) is 0 Å². The van der Waals surface area contributed by atoms with Crippen molar-refractivity contribution in [3.05, 3.63) is 48.0 Å². The first-order valence-electron chi connectivity index (χ1n) is 6.31. The minimum absolute atomic E-state index is 0.720. The number of hydrogen-bond acceptors (Lipinski definition) is 0. The van der Waals surface area contributed by atoms with E-state index in [4.69, 9.17) is 0 Å². The Morgan fingerprint density at radius 2 is 1.81 bits per heavy atom. The van der Waals surface area contributed by atoms with Crippen molar-refractivity contribution in [3.8, 4) is 0 Å². The Kier molecular flexibility index (Phi) is 2.43. The normalized spacial score (nSPS) is 17.6. The second kappa shape index (κ2) is 3.93. The van der Waals surface area contributed by atoms with Crippen LogP contribution in [-0.4, -0.2) is 0 Å². The molecule has 0 nitrogen and oxygen atoms in total. The van der Waals surface area contributed by atoms with Crippen molar-refractivity contribution in [3.63, 3.8) is 0 Å². The lowest BCUT2D eigenvalue weighted by Gasteiger charge is -2.12. The second-order valence-corrected chi connectivity index (χ2v) is 5.19. The van der Waals surface area contributed by atoms with Crippen LogP contribution in [0.25, 0.3) is 10.8 Å². The first-order chi connectivity index (χ1) is 7.83. The third-order valence-corrected chi connectivity index (χ3v) is 3.73. The van der Waals surface area contributed by atoms with Crippen LogP contribution >= 0.6 is 0 Å². The monoisotopic (exact) mass is 210 g/mol. The van der Waals surface area contributed by atoms with Crippen LogP contribution in [0, 0.1) is 5.92 Å². The van der Waals surface area contributed by atoms with Crippen LogP contribution < -0.4 is 0 Å². The number of benzene rings is 2. The molecular weight excluding hydrogens is 192 g/mol. The van der Waals surface area contributed by atoms with E-state index in [2.05, 4.69) is 49.4 Å². The largest absolute Gasteiger partial charge is 0.0616 e. The lowest BCUT2D eigenvalue weighted by molar-refractivity contribution is 0.620. The fourth-order valence-corrected chi connectivity index (χ4v) is 2.50. The van der Waals surface area contributed by atoms with Crippen molar-refractivity contribution < 1.29 is 0 Å². The van der Waals surface area contributed by atoms with Crippen LogP contribution in [-0.2, 0) is 0 Å². The zero-order valence-corrected chi connectivity index (χ0v) is 9.82. The van der Waals surface area contributed by atoms with Gasteiger partial charge in [-0.2, -0.15) is 0 Å². The van der Waals surface area contributed by atoms with Crippen molar-refractivity contribution in [1.82, 2.24) is 0 Å². The Morgan fingerprint density at radius 1 is 1.06 bits per heavy atom. The molecule has 0 aromatic heterocycles. The molecule has 0 N–H and O–H groups in total. The molecular formula is C16H18. The summed E-state index contributed by atoms with van der Waals surface area (Å²) >= 11 is 0. The summed E-state index contributed by atoms with van der Waals surface area (Å²) in [6.45, 7) is 2.36. The van der Waals surface area contributed by atoms with Gasteiger partial charge in [-0.3, -0.25) is 0 Å². The molecule has 82 valence electrons. The molecule has 2 aromatic carbocycles. The molecule has 0 aliphatic heterocycles. The first-order valence-corrected chi connectivity index (χ1v) is 6.31. The number of fused-ring (bicyclic) bond motifs is 1. The average molecular weight is 210 g/mol. The van der Waals surface area contributed by atoms with Gasteiger partial charge in [0.1, 0.15) is 0 Å². The average Bonchev–Trinajstić information content (AvgIpc) is 3.12. The van der Waals surface area contributed by atoms with Gasteiger partial charge < -0.3 is 0 Å². The van der Waals surface area contributed by atoms with E-state index < -0.39 is 0 Å². The SMILES string of the molecule is CC(CC1CC1)c1ccc2ccccc2c1. The Labute approximate surface area is 97.3 Å². The van der Waals surface area contributed by atoms with Gasteiger partial charge in [0.25, 0.3) is 0 Å². The molecule has 0 bridgehead atoms. The van der Waals surface area contributed by atoms with Crippen molar-refractivity contribution in [2.75, 3.05) is 0 Å². The lowest BCUT2D eigenvalue weighted by atomic mass is 9.93. The van der Waals surface area contributed by atoms with Crippen molar-refractivity contribution in [2.45, 2.75) is 32.1 Å². The molecule has 0 heteroatoms. The summed E-state index contributed by atoms with van der Waals surface area (Å²) in [5, 5.41) is 2.73. The minimum Gasteiger partial charge on any atom is -0.0616 e. The summed E-state index contributed by atoms with van der Waals surface area (Å²) < 4.78 is 0. The Hall–Kier alpha value is -1.30. The third kappa shape index (κ3) is 1.97. The van der Waals surface area contributed by atoms with Crippen LogP contribution in [0.1, 0.15) is 37.7 Å². The van der Waals surface area contributed by atoms with Crippen LogP contribution in [0.2, 0.25) is 0 Å². The predicted molar refractivity (Wildman–Crippen MR) is 69.7 cm³/mol. The first kappa shape index (κ1) is 9.89. The molecule has 1 atom stereocenters. The highest BCUT2D eigenvalue weighted by molar-refractivity contribution is 5.83. The van der Waals surface area contributed by atoms with E-state index in [1.54, 1.807) is 0 Å². The molecule has 1 aliphatic rings. The quantitative estimate of drug-likeness (QED) is 0.686. The molecule has 0 saturated heterocycles. The fraction of sp³-hybridized carbons (Fsp3) is 0.375. The number of hydrogen-bond donors (Lipinski definition) is 0. The van der Waals surface area contributed by atoms with E-state index >= 15 is 0 Å². The summed E-state index contributed by atoms with van der Waals surface area (Å²) in [6.07, 6.45) is 4.29. The van der Waals surface area contributed by atoms with Crippen LogP contribution in [0.4, 0.5) is 0 Å². The van der Waals surface area contributed by atoms with E-state index in [1.165, 1.54) is 35.6 Å². The molecule has 0 radical (unpaired) electrons. The zero-order valence-electron chi connectivity index (χ0n) is 9.82. The highest BCUT2D eigenvalue weighted by Gasteiger charge is 2.24. The van der Waals surface area contributed by atoms with Gasteiger partial charge in [-0.25, -0.2) is 0 Å². The summed E-state index contributed by atoms with van der Waals surface area (Å²) in [7, 11) is 0. The summed E-state index contributed by atoms with van der Waals surface area (Å²) in [5.41, 5.74) is 1.51. The van der Waals surface area contributed by atoms with Gasteiger partial charge in [0.05, 0.1) is 0 Å². The molecule has 0 amide bonds. The maximum atomic E-state index is 2.36. The molecule has 1 aliphatic carbocycles. The van der Waals surface area contributed by atoms with Gasteiger partial charge in [0.15, 0.2) is 0 Å². The molecule has 16 heavy (non-hydrogen) atoms. The molecule has 1 fully saturated rings. The van der Waals surface area contributed by atoms with Crippen molar-refractivity contribution in [2.24, 2.45) is 5.92 Å². The summed E-state index contributed by atoms with van der Waals surface area (Å²) in [6, 6.07) is 15.5. The predicted octanol–water partition coefficient (Wildman–Crippen LogP) is 4.74. The highest BCUT2D eigenvalue weighted by atomic mass is 14.3. The lowest BCUT2D eigenvalue weighted by Crippen LogP contribution is -1.94. The van der Waals surface area contributed by atoms with Gasteiger partial charge in [-0.15, -0.1) is 0 Å². The highest BCUT2D eigenvalue weighted by Crippen LogP contribution is 2.38. The zero-order chi connectivity index (χ0) is 11.0. The summed E-state index contributed by atoms with van der Waals surface area (Å²) in [5.74, 6) is 1.73. The second-order valence-electron chi connectivity index (χ2n) is 5.19. The Balaban J connectivity index is 1.91. The van der Waals surface area contributed by atoms with E-state index in [9.17, 15) is 0 Å². The van der Waals surface area contributed by atoms with Gasteiger partial charge in [-0.1, -0.05) is 62.2 Å². The molecule has 3 rings (SSSR count). The van der Waals surface area contributed by atoms with Crippen LogP contribution in [0.3, 0.4) is 0 Å². The van der Waals surface area contributed by atoms with Crippen LogP contribution in [0.5, 0.6) is 0 Å².